The number of hydrogen-bond donors (Lipinski definition) is 1. The van der Waals surface area contributed by atoms with Gasteiger partial charge in [-0.05, 0) is 42.2 Å². The number of benzene rings is 2. The third kappa shape index (κ3) is 1.86. The predicted octanol–water partition coefficient (Wildman–Crippen LogP) is 3.04. The molecule has 3 heteroatoms. The lowest BCUT2D eigenvalue weighted by atomic mass is 9.87. The average molecular weight is 267 g/mol. The maximum absolute atomic E-state index is 5.53. The van der Waals surface area contributed by atoms with Crippen LogP contribution in [0.5, 0.6) is 11.5 Å². The van der Waals surface area contributed by atoms with Crippen LogP contribution in [-0.2, 0) is 6.42 Å². The molecule has 0 fully saturated rings. The Balaban J connectivity index is 1.84. The van der Waals surface area contributed by atoms with Crippen molar-refractivity contribution in [3.05, 3.63) is 59.2 Å². The van der Waals surface area contributed by atoms with E-state index >= 15 is 0 Å². The number of hydrogen-bond acceptors (Lipinski definition) is 3. The van der Waals surface area contributed by atoms with Gasteiger partial charge >= 0.3 is 0 Å². The smallest absolute Gasteiger partial charge is 0.231 e. The summed E-state index contributed by atoms with van der Waals surface area (Å²) in [6.07, 6.45) is 1.02. The summed E-state index contributed by atoms with van der Waals surface area (Å²) in [5.41, 5.74) is 3.95. The molecule has 0 saturated heterocycles. The molecule has 0 radical (unpaired) electrons. The third-order valence-corrected chi connectivity index (χ3v) is 4.06. The molecular weight excluding hydrogens is 250 g/mol. The molecule has 0 aliphatic carbocycles. The number of rotatable bonds is 1. The fourth-order valence-corrected chi connectivity index (χ4v) is 3.13. The van der Waals surface area contributed by atoms with Gasteiger partial charge in [-0.3, -0.25) is 0 Å². The van der Waals surface area contributed by atoms with Crippen molar-refractivity contribution >= 4 is 0 Å². The van der Waals surface area contributed by atoms with E-state index in [2.05, 4.69) is 54.7 Å². The molecule has 0 bridgehead atoms. The number of ether oxygens (including phenoxy) is 2. The van der Waals surface area contributed by atoms with Crippen molar-refractivity contribution < 1.29 is 9.47 Å². The summed E-state index contributed by atoms with van der Waals surface area (Å²) in [5, 5.41) is 3.68. The third-order valence-electron chi connectivity index (χ3n) is 4.06. The molecule has 102 valence electrons. The molecule has 0 spiro atoms. The second-order valence-corrected chi connectivity index (χ2v) is 5.52. The first-order chi connectivity index (χ1) is 9.81. The fourth-order valence-electron chi connectivity index (χ4n) is 3.13. The summed E-state index contributed by atoms with van der Waals surface area (Å²) in [5.74, 6) is 1.74. The highest BCUT2D eigenvalue weighted by atomic mass is 16.7. The van der Waals surface area contributed by atoms with Crippen LogP contribution in [0.1, 0.15) is 29.7 Å². The van der Waals surface area contributed by atoms with E-state index in [9.17, 15) is 0 Å². The zero-order valence-corrected chi connectivity index (χ0v) is 11.4. The fraction of sp³-hybridized carbons (Fsp3) is 0.294. The molecule has 2 aromatic rings. The van der Waals surface area contributed by atoms with Crippen LogP contribution >= 0.6 is 0 Å². The van der Waals surface area contributed by atoms with E-state index in [4.69, 9.17) is 9.47 Å². The Bertz CT molecular complexity index is 639. The zero-order valence-electron chi connectivity index (χ0n) is 11.4. The zero-order chi connectivity index (χ0) is 13.5. The van der Waals surface area contributed by atoms with Gasteiger partial charge in [0.2, 0.25) is 6.79 Å². The molecule has 0 amide bonds. The molecule has 0 saturated carbocycles. The standard InChI is InChI=1S/C17H17NO2/c1-11-7-13-8-15-16(20-10-19-15)9-14(13)17(18-11)12-5-3-2-4-6-12/h2-6,8-9,11,17-18H,7,10H2,1H3. The van der Waals surface area contributed by atoms with Gasteiger partial charge in [0, 0.05) is 6.04 Å². The van der Waals surface area contributed by atoms with Crippen LogP contribution in [-0.4, -0.2) is 12.8 Å². The molecule has 1 N–H and O–H groups in total. The first kappa shape index (κ1) is 11.8. The lowest BCUT2D eigenvalue weighted by Gasteiger charge is -2.32. The molecule has 3 nitrogen and oxygen atoms in total. The topological polar surface area (TPSA) is 30.5 Å². The van der Waals surface area contributed by atoms with Crippen LogP contribution in [0.4, 0.5) is 0 Å². The summed E-state index contributed by atoms with van der Waals surface area (Å²) in [6.45, 7) is 2.56. The molecule has 20 heavy (non-hydrogen) atoms. The van der Waals surface area contributed by atoms with Crippen molar-refractivity contribution in [1.82, 2.24) is 5.32 Å². The SMILES string of the molecule is CC1Cc2cc3c(cc2C(c2ccccc2)N1)OCO3. The van der Waals surface area contributed by atoms with Gasteiger partial charge in [0.25, 0.3) is 0 Å². The maximum Gasteiger partial charge on any atom is 0.231 e. The first-order valence-electron chi connectivity index (χ1n) is 7.04. The van der Waals surface area contributed by atoms with Crippen LogP contribution in [0, 0.1) is 0 Å². The van der Waals surface area contributed by atoms with Crippen LogP contribution in [0.3, 0.4) is 0 Å². The maximum atomic E-state index is 5.53. The molecule has 4 rings (SSSR count). The largest absolute Gasteiger partial charge is 0.454 e. The average Bonchev–Trinajstić information content (AvgIpc) is 2.92. The molecule has 2 atom stereocenters. The number of fused-ring (bicyclic) bond motifs is 2. The Morgan fingerprint density at radius 3 is 2.60 bits per heavy atom. The highest BCUT2D eigenvalue weighted by molar-refractivity contribution is 5.52. The Kier molecular flexibility index (Phi) is 2.67. The highest BCUT2D eigenvalue weighted by Crippen LogP contribution is 2.40. The Hall–Kier alpha value is -2.00. The monoisotopic (exact) mass is 267 g/mol. The van der Waals surface area contributed by atoms with Gasteiger partial charge < -0.3 is 14.8 Å². The molecule has 2 aromatic carbocycles. The van der Waals surface area contributed by atoms with Crippen LogP contribution < -0.4 is 14.8 Å². The Labute approximate surface area is 118 Å². The lowest BCUT2D eigenvalue weighted by molar-refractivity contribution is 0.174. The summed E-state index contributed by atoms with van der Waals surface area (Å²) in [4.78, 5) is 0. The molecule has 2 aliphatic heterocycles. The quantitative estimate of drug-likeness (QED) is 0.861. The molecule has 2 heterocycles. The van der Waals surface area contributed by atoms with Crippen molar-refractivity contribution in [3.8, 4) is 11.5 Å². The lowest BCUT2D eigenvalue weighted by Crippen LogP contribution is -2.37. The van der Waals surface area contributed by atoms with E-state index in [0.29, 0.717) is 12.8 Å². The van der Waals surface area contributed by atoms with E-state index in [0.717, 1.165) is 17.9 Å². The van der Waals surface area contributed by atoms with Crippen LogP contribution in [0.15, 0.2) is 42.5 Å². The summed E-state index contributed by atoms with van der Waals surface area (Å²) >= 11 is 0. The molecule has 2 aliphatic rings. The molecule has 0 aromatic heterocycles. The van der Waals surface area contributed by atoms with E-state index < -0.39 is 0 Å². The summed E-state index contributed by atoms with van der Waals surface area (Å²) in [7, 11) is 0. The second-order valence-electron chi connectivity index (χ2n) is 5.52. The predicted molar refractivity (Wildman–Crippen MR) is 77.2 cm³/mol. The van der Waals surface area contributed by atoms with E-state index in [1.165, 1.54) is 16.7 Å². The van der Waals surface area contributed by atoms with E-state index in [1.54, 1.807) is 0 Å². The first-order valence-corrected chi connectivity index (χ1v) is 7.04. The minimum absolute atomic E-state index is 0.226. The molecular formula is C17H17NO2. The normalized spacial score (nSPS) is 23.4. The van der Waals surface area contributed by atoms with Gasteiger partial charge in [-0.25, -0.2) is 0 Å². The van der Waals surface area contributed by atoms with Gasteiger partial charge in [-0.2, -0.15) is 0 Å². The Morgan fingerprint density at radius 1 is 1.05 bits per heavy atom. The van der Waals surface area contributed by atoms with Gasteiger partial charge in [0.05, 0.1) is 6.04 Å². The van der Waals surface area contributed by atoms with Crippen LogP contribution in [0.2, 0.25) is 0 Å². The van der Waals surface area contributed by atoms with Crippen LogP contribution in [0.25, 0.3) is 0 Å². The minimum Gasteiger partial charge on any atom is -0.454 e. The Morgan fingerprint density at radius 2 is 1.80 bits per heavy atom. The van der Waals surface area contributed by atoms with Crippen molar-refractivity contribution in [2.75, 3.05) is 6.79 Å². The van der Waals surface area contributed by atoms with Gasteiger partial charge in [0.15, 0.2) is 11.5 Å². The van der Waals surface area contributed by atoms with Gasteiger partial charge in [0.1, 0.15) is 0 Å². The van der Waals surface area contributed by atoms with Crippen molar-refractivity contribution in [1.29, 1.82) is 0 Å². The second kappa shape index (κ2) is 4.53. The summed E-state index contributed by atoms with van der Waals surface area (Å²) in [6, 6.07) is 15.5. The molecule has 2 unspecified atom stereocenters. The minimum atomic E-state index is 0.226. The van der Waals surface area contributed by atoms with Crippen molar-refractivity contribution in [2.45, 2.75) is 25.4 Å². The number of nitrogens with one attached hydrogen (secondary N) is 1. The van der Waals surface area contributed by atoms with E-state index in [-0.39, 0.29) is 6.04 Å². The van der Waals surface area contributed by atoms with E-state index in [1.807, 2.05) is 0 Å². The van der Waals surface area contributed by atoms with Crippen molar-refractivity contribution in [2.24, 2.45) is 0 Å². The van der Waals surface area contributed by atoms with Gasteiger partial charge in [-0.1, -0.05) is 30.3 Å². The summed E-state index contributed by atoms with van der Waals surface area (Å²) < 4.78 is 11.0. The van der Waals surface area contributed by atoms with Crippen molar-refractivity contribution in [3.63, 3.8) is 0 Å². The van der Waals surface area contributed by atoms with Gasteiger partial charge in [-0.15, -0.1) is 0 Å². The highest BCUT2D eigenvalue weighted by Gasteiger charge is 2.28.